The Bertz CT molecular complexity index is 1020. The molecule has 0 radical (unpaired) electrons. The third-order valence-corrected chi connectivity index (χ3v) is 4.56. The number of anilines is 2. The largest absolute Gasteiger partial charge is 0.493 e. The van der Waals surface area contributed by atoms with Crippen LogP contribution in [-0.2, 0) is 0 Å². The summed E-state index contributed by atoms with van der Waals surface area (Å²) in [6, 6.07) is 9.66. The fraction of sp³-hybridized carbons (Fsp3) is 0.118. The molecule has 7 nitrogen and oxygen atoms in total. The predicted molar refractivity (Wildman–Crippen MR) is 95.7 cm³/mol. The van der Waals surface area contributed by atoms with Gasteiger partial charge >= 0.3 is 6.01 Å². The number of aromatic nitrogens is 3. The highest BCUT2D eigenvalue weighted by atomic mass is 32.1. The molecule has 0 unspecified atom stereocenters. The molecule has 1 N–H and O–H groups in total. The van der Waals surface area contributed by atoms with Gasteiger partial charge in [-0.05, 0) is 24.3 Å². The number of hydrogen-bond acceptors (Lipinski definition) is 8. The average molecular weight is 372 g/mol. The van der Waals surface area contributed by atoms with Crippen molar-refractivity contribution in [1.29, 1.82) is 0 Å². The first-order chi connectivity index (χ1) is 12.7. The molecule has 0 amide bonds. The van der Waals surface area contributed by atoms with Crippen molar-refractivity contribution < 1.29 is 18.3 Å². The van der Waals surface area contributed by atoms with Crippen LogP contribution in [0.5, 0.6) is 11.5 Å². The van der Waals surface area contributed by atoms with Crippen LogP contribution >= 0.6 is 11.3 Å². The quantitative estimate of drug-likeness (QED) is 0.561. The van der Waals surface area contributed by atoms with Gasteiger partial charge in [0.15, 0.2) is 16.6 Å². The lowest BCUT2D eigenvalue weighted by Gasteiger charge is -2.05. The zero-order valence-corrected chi connectivity index (χ0v) is 14.6. The van der Waals surface area contributed by atoms with Gasteiger partial charge in [0.25, 0.3) is 0 Å². The van der Waals surface area contributed by atoms with E-state index < -0.39 is 0 Å². The van der Waals surface area contributed by atoms with Gasteiger partial charge in [0.1, 0.15) is 5.82 Å². The van der Waals surface area contributed by atoms with Gasteiger partial charge in [-0.1, -0.05) is 16.4 Å². The van der Waals surface area contributed by atoms with E-state index in [0.717, 1.165) is 10.2 Å². The Morgan fingerprint density at radius 3 is 2.50 bits per heavy atom. The summed E-state index contributed by atoms with van der Waals surface area (Å²) in [6.07, 6.45) is 0. The van der Waals surface area contributed by atoms with Gasteiger partial charge in [-0.2, -0.15) is 0 Å². The van der Waals surface area contributed by atoms with Gasteiger partial charge in [0.2, 0.25) is 5.89 Å². The SMILES string of the molecule is COc1cc2nc(Nc3nnc(-c4ccc(F)cc4)o3)sc2cc1OC. The van der Waals surface area contributed by atoms with Crippen molar-refractivity contribution in [3.05, 3.63) is 42.2 Å². The van der Waals surface area contributed by atoms with E-state index in [4.69, 9.17) is 13.9 Å². The number of fused-ring (bicyclic) bond motifs is 1. The minimum Gasteiger partial charge on any atom is -0.493 e. The monoisotopic (exact) mass is 372 g/mol. The van der Waals surface area contributed by atoms with Crippen molar-refractivity contribution in [3.63, 3.8) is 0 Å². The summed E-state index contributed by atoms with van der Waals surface area (Å²) in [5.74, 6) is 1.20. The Kier molecular flexibility index (Phi) is 4.13. The minimum atomic E-state index is -0.327. The molecular formula is C17H13FN4O3S. The highest BCUT2D eigenvalue weighted by Crippen LogP contribution is 2.36. The molecule has 132 valence electrons. The number of ether oxygens (including phenoxy) is 2. The van der Waals surface area contributed by atoms with Crippen molar-refractivity contribution in [2.75, 3.05) is 19.5 Å². The molecule has 2 aromatic heterocycles. The molecule has 0 atom stereocenters. The van der Waals surface area contributed by atoms with Gasteiger partial charge in [0, 0.05) is 17.7 Å². The van der Waals surface area contributed by atoms with E-state index in [1.807, 2.05) is 6.07 Å². The van der Waals surface area contributed by atoms with E-state index in [1.54, 1.807) is 32.4 Å². The van der Waals surface area contributed by atoms with E-state index in [-0.39, 0.29) is 17.7 Å². The summed E-state index contributed by atoms with van der Waals surface area (Å²) in [7, 11) is 3.16. The second-order valence-electron chi connectivity index (χ2n) is 5.24. The first kappa shape index (κ1) is 16.3. The van der Waals surface area contributed by atoms with Gasteiger partial charge < -0.3 is 13.9 Å². The molecule has 0 saturated heterocycles. The normalized spacial score (nSPS) is 10.9. The minimum absolute atomic E-state index is 0.197. The van der Waals surface area contributed by atoms with E-state index in [0.29, 0.717) is 22.2 Å². The predicted octanol–water partition coefficient (Wildman–Crippen LogP) is 4.25. The van der Waals surface area contributed by atoms with Crippen molar-refractivity contribution >= 4 is 32.7 Å². The zero-order chi connectivity index (χ0) is 18.1. The van der Waals surface area contributed by atoms with Crippen LogP contribution in [0.1, 0.15) is 0 Å². The molecular weight excluding hydrogens is 359 g/mol. The first-order valence-corrected chi connectivity index (χ1v) is 8.37. The van der Waals surface area contributed by atoms with Crippen LogP contribution in [0.2, 0.25) is 0 Å². The summed E-state index contributed by atoms with van der Waals surface area (Å²) in [5, 5.41) is 11.5. The third-order valence-electron chi connectivity index (χ3n) is 3.62. The Morgan fingerprint density at radius 2 is 1.77 bits per heavy atom. The standard InChI is InChI=1S/C17H13FN4O3S/c1-23-12-7-11-14(8-13(12)24-2)26-17(19-11)20-16-22-21-15(25-16)9-3-5-10(18)6-4-9/h3-8H,1-2H3,(H,19,20,22). The van der Waals surface area contributed by atoms with Crippen LogP contribution in [0.25, 0.3) is 21.7 Å². The molecule has 26 heavy (non-hydrogen) atoms. The Hall–Kier alpha value is -3.20. The molecule has 0 aliphatic heterocycles. The summed E-state index contributed by atoms with van der Waals surface area (Å²) in [4.78, 5) is 4.48. The highest BCUT2D eigenvalue weighted by Gasteiger charge is 2.13. The second-order valence-corrected chi connectivity index (χ2v) is 6.27. The van der Waals surface area contributed by atoms with Crippen molar-refractivity contribution in [2.45, 2.75) is 0 Å². The topological polar surface area (TPSA) is 82.3 Å². The van der Waals surface area contributed by atoms with Crippen molar-refractivity contribution in [3.8, 4) is 23.0 Å². The first-order valence-electron chi connectivity index (χ1n) is 7.55. The van der Waals surface area contributed by atoms with Crippen LogP contribution in [-0.4, -0.2) is 29.4 Å². The lowest BCUT2D eigenvalue weighted by atomic mass is 10.2. The summed E-state index contributed by atoms with van der Waals surface area (Å²) in [5.41, 5.74) is 1.39. The van der Waals surface area contributed by atoms with Crippen LogP contribution < -0.4 is 14.8 Å². The highest BCUT2D eigenvalue weighted by molar-refractivity contribution is 7.22. The maximum absolute atomic E-state index is 13.0. The molecule has 2 heterocycles. The van der Waals surface area contributed by atoms with Crippen LogP contribution in [0.3, 0.4) is 0 Å². The molecule has 4 aromatic rings. The molecule has 0 spiro atoms. The van der Waals surface area contributed by atoms with Crippen molar-refractivity contribution in [1.82, 2.24) is 15.2 Å². The van der Waals surface area contributed by atoms with Gasteiger partial charge in [-0.15, -0.1) is 5.10 Å². The molecule has 9 heteroatoms. The fourth-order valence-electron chi connectivity index (χ4n) is 2.38. The number of nitrogens with zero attached hydrogens (tertiary/aromatic N) is 3. The van der Waals surface area contributed by atoms with Crippen LogP contribution in [0.4, 0.5) is 15.5 Å². The van der Waals surface area contributed by atoms with E-state index in [1.165, 1.54) is 23.5 Å². The van der Waals surface area contributed by atoms with Crippen LogP contribution in [0.15, 0.2) is 40.8 Å². The molecule has 2 aromatic carbocycles. The smallest absolute Gasteiger partial charge is 0.322 e. The summed E-state index contributed by atoms with van der Waals surface area (Å²) in [6.45, 7) is 0. The number of nitrogens with one attached hydrogen (secondary N) is 1. The van der Waals surface area contributed by atoms with E-state index in [2.05, 4.69) is 20.5 Å². The Balaban J connectivity index is 1.60. The van der Waals surface area contributed by atoms with Gasteiger partial charge in [-0.25, -0.2) is 9.37 Å². The van der Waals surface area contributed by atoms with Gasteiger partial charge in [0.05, 0.1) is 24.4 Å². The lowest BCUT2D eigenvalue weighted by molar-refractivity contribution is 0.356. The fourth-order valence-corrected chi connectivity index (χ4v) is 3.25. The maximum Gasteiger partial charge on any atom is 0.322 e. The molecule has 0 fully saturated rings. The molecule has 0 aliphatic carbocycles. The van der Waals surface area contributed by atoms with Gasteiger partial charge in [-0.3, -0.25) is 5.32 Å². The Morgan fingerprint density at radius 1 is 1.04 bits per heavy atom. The van der Waals surface area contributed by atoms with Crippen molar-refractivity contribution in [2.24, 2.45) is 0 Å². The number of rotatable bonds is 5. The number of hydrogen-bond donors (Lipinski definition) is 1. The lowest BCUT2D eigenvalue weighted by Crippen LogP contribution is -1.90. The number of halogens is 1. The number of methoxy groups -OCH3 is 2. The maximum atomic E-state index is 13.0. The summed E-state index contributed by atoms with van der Waals surface area (Å²) < 4.78 is 30.1. The zero-order valence-electron chi connectivity index (χ0n) is 13.8. The molecule has 0 saturated carbocycles. The third kappa shape index (κ3) is 3.04. The van der Waals surface area contributed by atoms with E-state index in [9.17, 15) is 4.39 Å². The molecule has 0 bridgehead atoms. The molecule has 4 rings (SSSR count). The Labute approximate surface area is 151 Å². The molecule has 0 aliphatic rings. The average Bonchev–Trinajstić information content (AvgIpc) is 3.27. The number of benzene rings is 2. The van der Waals surface area contributed by atoms with E-state index >= 15 is 0 Å². The number of thiazole rings is 1. The summed E-state index contributed by atoms with van der Waals surface area (Å²) >= 11 is 1.41. The second kappa shape index (κ2) is 6.60. The van der Waals surface area contributed by atoms with Crippen LogP contribution in [0, 0.1) is 5.82 Å².